The zero-order chi connectivity index (χ0) is 21.2. The van der Waals surface area contributed by atoms with Crippen LogP contribution in [-0.2, 0) is 6.42 Å². The molecule has 1 atom stereocenters. The van der Waals surface area contributed by atoms with E-state index in [4.69, 9.17) is 21.1 Å². The monoisotopic (exact) mass is 546 g/mol. The first-order chi connectivity index (χ1) is 14.0. The molecule has 0 radical (unpaired) electrons. The zero-order valence-electron chi connectivity index (χ0n) is 18.2. The summed E-state index contributed by atoms with van der Waals surface area (Å²) < 4.78 is 10.8. The summed E-state index contributed by atoms with van der Waals surface area (Å²) in [4.78, 5) is 6.48. The van der Waals surface area contributed by atoms with Crippen molar-refractivity contribution in [2.45, 2.75) is 12.5 Å². The van der Waals surface area contributed by atoms with Gasteiger partial charge >= 0.3 is 0 Å². The van der Waals surface area contributed by atoms with Gasteiger partial charge in [0.2, 0.25) is 0 Å². The predicted molar refractivity (Wildman–Crippen MR) is 136 cm³/mol. The van der Waals surface area contributed by atoms with Crippen molar-refractivity contribution in [1.29, 1.82) is 0 Å². The molecule has 0 aliphatic carbocycles. The van der Waals surface area contributed by atoms with Crippen molar-refractivity contribution in [1.82, 2.24) is 15.5 Å². The van der Waals surface area contributed by atoms with Gasteiger partial charge in [0.15, 0.2) is 17.5 Å². The van der Waals surface area contributed by atoms with Crippen LogP contribution in [0.4, 0.5) is 0 Å². The molecule has 166 valence electrons. The van der Waals surface area contributed by atoms with Gasteiger partial charge in [0, 0.05) is 25.2 Å². The summed E-state index contributed by atoms with van der Waals surface area (Å²) in [6.07, 6.45) is 0.827. The largest absolute Gasteiger partial charge is 0.493 e. The standard InChI is InChI=1S/C22H31ClN4O2.HI/c1-24-22(25-13-12-16-8-6-7-9-18(16)23)26-15-19(27(2)3)17-10-11-20(28-4)21(14-17)29-5;/h6-11,14,19H,12-13,15H2,1-5H3,(H2,24,25,26);1H. The van der Waals surface area contributed by atoms with E-state index in [1.54, 1.807) is 21.3 Å². The Morgan fingerprint density at radius 1 is 1.07 bits per heavy atom. The molecule has 6 nitrogen and oxygen atoms in total. The number of guanidine groups is 1. The minimum Gasteiger partial charge on any atom is -0.493 e. The van der Waals surface area contributed by atoms with Crippen molar-refractivity contribution in [3.05, 3.63) is 58.6 Å². The highest BCUT2D eigenvalue weighted by Crippen LogP contribution is 2.31. The molecule has 0 spiro atoms. The van der Waals surface area contributed by atoms with Gasteiger partial charge in [0.25, 0.3) is 0 Å². The molecule has 2 aromatic carbocycles. The highest BCUT2D eigenvalue weighted by molar-refractivity contribution is 14.0. The Kier molecular flexibility index (Phi) is 11.9. The molecule has 0 amide bonds. The van der Waals surface area contributed by atoms with Crippen LogP contribution in [0.15, 0.2) is 47.5 Å². The van der Waals surface area contributed by atoms with E-state index in [-0.39, 0.29) is 30.0 Å². The van der Waals surface area contributed by atoms with Crippen LogP contribution in [-0.4, -0.2) is 59.3 Å². The molecule has 0 aromatic heterocycles. The average Bonchev–Trinajstić information content (AvgIpc) is 2.73. The minimum atomic E-state index is 0. The maximum atomic E-state index is 6.23. The van der Waals surface area contributed by atoms with Crippen LogP contribution >= 0.6 is 35.6 Å². The number of halogens is 2. The van der Waals surface area contributed by atoms with Crippen molar-refractivity contribution < 1.29 is 9.47 Å². The number of hydrogen-bond acceptors (Lipinski definition) is 4. The number of hydrogen-bond donors (Lipinski definition) is 2. The Morgan fingerprint density at radius 3 is 2.37 bits per heavy atom. The van der Waals surface area contributed by atoms with Crippen molar-refractivity contribution in [3.63, 3.8) is 0 Å². The van der Waals surface area contributed by atoms with Crippen LogP contribution in [0.5, 0.6) is 11.5 Å². The molecule has 0 saturated heterocycles. The van der Waals surface area contributed by atoms with Crippen molar-refractivity contribution in [2.24, 2.45) is 4.99 Å². The van der Waals surface area contributed by atoms with Gasteiger partial charge in [0.05, 0.1) is 20.3 Å². The molecule has 2 rings (SSSR count). The predicted octanol–water partition coefficient (Wildman–Crippen LogP) is 3.99. The van der Waals surface area contributed by atoms with E-state index in [1.807, 2.05) is 36.4 Å². The molecular formula is C22H32ClIN4O2. The number of methoxy groups -OCH3 is 2. The van der Waals surface area contributed by atoms with E-state index in [2.05, 4.69) is 40.7 Å². The Labute approximate surface area is 202 Å². The second-order valence-corrected chi connectivity index (χ2v) is 7.22. The van der Waals surface area contributed by atoms with E-state index in [9.17, 15) is 0 Å². The maximum absolute atomic E-state index is 6.23. The normalized spacial score (nSPS) is 12.2. The van der Waals surface area contributed by atoms with E-state index < -0.39 is 0 Å². The van der Waals surface area contributed by atoms with Gasteiger partial charge in [-0.3, -0.25) is 4.99 Å². The highest BCUT2D eigenvalue weighted by atomic mass is 127. The third kappa shape index (κ3) is 7.52. The number of nitrogens with one attached hydrogen (secondary N) is 2. The van der Waals surface area contributed by atoms with Gasteiger partial charge in [-0.1, -0.05) is 35.9 Å². The smallest absolute Gasteiger partial charge is 0.191 e. The second-order valence-electron chi connectivity index (χ2n) is 6.82. The van der Waals surface area contributed by atoms with Crippen molar-refractivity contribution in [3.8, 4) is 11.5 Å². The topological polar surface area (TPSA) is 58.1 Å². The van der Waals surface area contributed by atoms with Gasteiger partial charge < -0.3 is 25.0 Å². The number of ether oxygens (including phenoxy) is 2. The fourth-order valence-corrected chi connectivity index (χ4v) is 3.32. The van der Waals surface area contributed by atoms with Gasteiger partial charge in [-0.2, -0.15) is 0 Å². The van der Waals surface area contributed by atoms with Gasteiger partial charge in [0.1, 0.15) is 0 Å². The number of benzene rings is 2. The summed E-state index contributed by atoms with van der Waals surface area (Å²) in [5.74, 6) is 2.20. The average molecular weight is 547 g/mol. The summed E-state index contributed by atoms with van der Waals surface area (Å²) in [6.45, 7) is 1.43. The molecule has 30 heavy (non-hydrogen) atoms. The second kappa shape index (κ2) is 13.6. The van der Waals surface area contributed by atoms with Crippen LogP contribution in [0.25, 0.3) is 0 Å². The first kappa shape index (κ1) is 26.3. The summed E-state index contributed by atoms with van der Waals surface area (Å²) in [5, 5.41) is 7.55. The molecule has 0 aliphatic rings. The lowest BCUT2D eigenvalue weighted by Gasteiger charge is -2.26. The molecule has 0 saturated carbocycles. The fraction of sp³-hybridized carbons (Fsp3) is 0.409. The number of aliphatic imine (C=N–C) groups is 1. The molecule has 0 heterocycles. The first-order valence-electron chi connectivity index (χ1n) is 9.56. The third-order valence-corrected chi connectivity index (χ3v) is 5.12. The summed E-state index contributed by atoms with van der Waals surface area (Å²) >= 11 is 6.23. The molecule has 2 N–H and O–H groups in total. The summed E-state index contributed by atoms with van der Waals surface area (Å²) in [6, 6.07) is 14.0. The molecule has 2 aromatic rings. The summed E-state index contributed by atoms with van der Waals surface area (Å²) in [7, 11) is 9.16. The molecular weight excluding hydrogens is 515 g/mol. The number of rotatable bonds is 9. The fourth-order valence-electron chi connectivity index (χ4n) is 3.09. The van der Waals surface area contributed by atoms with E-state index >= 15 is 0 Å². The highest BCUT2D eigenvalue weighted by Gasteiger charge is 2.17. The van der Waals surface area contributed by atoms with Crippen molar-refractivity contribution in [2.75, 3.05) is 48.5 Å². The molecule has 1 unspecified atom stereocenters. The lowest BCUT2D eigenvalue weighted by Crippen LogP contribution is -2.42. The minimum absolute atomic E-state index is 0. The molecule has 8 heteroatoms. The van der Waals surface area contributed by atoms with E-state index in [0.717, 1.165) is 46.6 Å². The Hall–Kier alpha value is -1.71. The summed E-state index contributed by atoms with van der Waals surface area (Å²) in [5.41, 5.74) is 2.25. The molecule has 0 aliphatic heterocycles. The quantitative estimate of drug-likeness (QED) is 0.283. The van der Waals surface area contributed by atoms with Gasteiger partial charge in [-0.15, -0.1) is 24.0 Å². The van der Waals surface area contributed by atoms with Crippen LogP contribution in [0, 0.1) is 0 Å². The lowest BCUT2D eigenvalue weighted by molar-refractivity contribution is 0.295. The van der Waals surface area contributed by atoms with E-state index in [0.29, 0.717) is 6.54 Å². The molecule has 0 bridgehead atoms. The van der Waals surface area contributed by atoms with Crippen LogP contribution in [0.3, 0.4) is 0 Å². The Balaban J connectivity index is 0.00000450. The third-order valence-electron chi connectivity index (χ3n) is 4.75. The molecule has 0 fully saturated rings. The zero-order valence-corrected chi connectivity index (χ0v) is 21.3. The SMILES string of the molecule is CN=C(NCCc1ccccc1Cl)NCC(c1ccc(OC)c(OC)c1)N(C)C.I. The lowest BCUT2D eigenvalue weighted by atomic mass is 10.1. The first-order valence-corrected chi connectivity index (χ1v) is 9.94. The Bertz CT molecular complexity index is 817. The van der Waals surface area contributed by atoms with Crippen LogP contribution in [0.1, 0.15) is 17.2 Å². The van der Waals surface area contributed by atoms with E-state index in [1.165, 1.54) is 0 Å². The number of likely N-dealkylation sites (N-methyl/N-ethyl adjacent to an activating group) is 1. The van der Waals surface area contributed by atoms with Crippen LogP contribution < -0.4 is 20.1 Å². The van der Waals surface area contributed by atoms with Gasteiger partial charge in [-0.25, -0.2) is 0 Å². The van der Waals surface area contributed by atoms with Gasteiger partial charge in [-0.05, 0) is 49.8 Å². The van der Waals surface area contributed by atoms with Crippen molar-refractivity contribution >= 4 is 41.5 Å². The maximum Gasteiger partial charge on any atom is 0.191 e. The van der Waals surface area contributed by atoms with Crippen LogP contribution in [0.2, 0.25) is 5.02 Å². The number of nitrogens with zero attached hydrogens (tertiary/aromatic N) is 2. The Morgan fingerprint density at radius 2 is 1.77 bits per heavy atom.